The first kappa shape index (κ1) is 16.7. The molecular weight excluding hydrogens is 302 g/mol. The van der Waals surface area contributed by atoms with E-state index < -0.39 is 0 Å². The first-order chi connectivity index (χ1) is 11.7. The minimum Gasteiger partial charge on any atom is -0.379 e. The van der Waals surface area contributed by atoms with Crippen molar-refractivity contribution in [3.63, 3.8) is 0 Å². The van der Waals surface area contributed by atoms with Crippen molar-refractivity contribution in [2.24, 2.45) is 0 Å². The van der Waals surface area contributed by atoms with Gasteiger partial charge in [0.1, 0.15) is 5.82 Å². The Morgan fingerprint density at radius 3 is 2.75 bits per heavy atom. The van der Waals surface area contributed by atoms with E-state index in [1.807, 2.05) is 25.1 Å². The molecule has 1 saturated heterocycles. The Morgan fingerprint density at radius 2 is 1.96 bits per heavy atom. The molecule has 1 aliphatic heterocycles. The first-order valence-electron chi connectivity index (χ1n) is 8.42. The molecule has 128 valence electrons. The zero-order valence-corrected chi connectivity index (χ0v) is 14.4. The molecule has 0 radical (unpaired) electrons. The number of aryl methyl sites for hydroxylation is 2. The van der Waals surface area contributed by atoms with Crippen LogP contribution >= 0.6 is 0 Å². The topological polar surface area (TPSA) is 62.3 Å². The summed E-state index contributed by atoms with van der Waals surface area (Å²) in [5.74, 6) is 1.47. The summed E-state index contributed by atoms with van der Waals surface area (Å²) >= 11 is 0. The van der Waals surface area contributed by atoms with Crippen LogP contribution in [0.25, 0.3) is 0 Å². The lowest BCUT2D eigenvalue weighted by molar-refractivity contribution is 0.0398. The molecule has 1 fully saturated rings. The second kappa shape index (κ2) is 8.08. The zero-order valence-electron chi connectivity index (χ0n) is 14.4. The largest absolute Gasteiger partial charge is 0.379 e. The van der Waals surface area contributed by atoms with Gasteiger partial charge in [-0.15, -0.1) is 0 Å². The van der Waals surface area contributed by atoms with Crippen molar-refractivity contribution in [2.45, 2.75) is 13.8 Å². The Labute approximate surface area is 143 Å². The van der Waals surface area contributed by atoms with Crippen LogP contribution in [0.2, 0.25) is 0 Å². The molecule has 1 aliphatic rings. The lowest BCUT2D eigenvalue weighted by atomic mass is 10.2. The van der Waals surface area contributed by atoms with Crippen molar-refractivity contribution in [3.05, 3.63) is 41.6 Å². The van der Waals surface area contributed by atoms with Crippen molar-refractivity contribution < 1.29 is 4.74 Å². The minimum atomic E-state index is 0.665. The molecule has 2 N–H and O–H groups in total. The molecule has 0 unspecified atom stereocenters. The van der Waals surface area contributed by atoms with Gasteiger partial charge in [-0.3, -0.25) is 4.90 Å². The molecule has 24 heavy (non-hydrogen) atoms. The highest BCUT2D eigenvalue weighted by atomic mass is 16.5. The number of nitrogens with zero attached hydrogens (tertiary/aromatic N) is 3. The van der Waals surface area contributed by atoms with Gasteiger partial charge in [0.15, 0.2) is 0 Å². The third kappa shape index (κ3) is 4.91. The van der Waals surface area contributed by atoms with E-state index in [9.17, 15) is 0 Å². The zero-order chi connectivity index (χ0) is 16.8. The van der Waals surface area contributed by atoms with E-state index in [0.717, 1.165) is 56.6 Å². The minimum absolute atomic E-state index is 0.665. The third-order valence-electron chi connectivity index (χ3n) is 3.96. The van der Waals surface area contributed by atoms with Gasteiger partial charge in [0.2, 0.25) is 5.95 Å². The summed E-state index contributed by atoms with van der Waals surface area (Å²) in [5, 5.41) is 6.67. The maximum atomic E-state index is 5.37. The normalized spacial score (nSPS) is 15.2. The SMILES string of the molecule is Cc1cccc(Nc2cc(C)nc(NCCN3CCOCC3)n2)c1. The van der Waals surface area contributed by atoms with Gasteiger partial charge >= 0.3 is 0 Å². The van der Waals surface area contributed by atoms with Gasteiger partial charge in [0.05, 0.1) is 13.2 Å². The maximum absolute atomic E-state index is 5.37. The molecule has 1 aromatic carbocycles. The van der Waals surface area contributed by atoms with Crippen molar-refractivity contribution in [1.29, 1.82) is 0 Å². The number of rotatable bonds is 6. The van der Waals surface area contributed by atoms with Crippen molar-refractivity contribution >= 4 is 17.5 Å². The fourth-order valence-corrected chi connectivity index (χ4v) is 2.73. The number of ether oxygens (including phenoxy) is 1. The van der Waals surface area contributed by atoms with Crippen LogP contribution in [0.1, 0.15) is 11.3 Å². The maximum Gasteiger partial charge on any atom is 0.224 e. The van der Waals surface area contributed by atoms with Gasteiger partial charge in [-0.05, 0) is 31.5 Å². The predicted octanol–water partition coefficient (Wildman–Crippen LogP) is 2.58. The van der Waals surface area contributed by atoms with Crippen LogP contribution in [0.5, 0.6) is 0 Å². The number of aromatic nitrogens is 2. The van der Waals surface area contributed by atoms with E-state index >= 15 is 0 Å². The van der Waals surface area contributed by atoms with Crippen LogP contribution in [0, 0.1) is 13.8 Å². The molecule has 0 bridgehead atoms. The van der Waals surface area contributed by atoms with Gasteiger partial charge < -0.3 is 15.4 Å². The third-order valence-corrected chi connectivity index (χ3v) is 3.96. The lowest BCUT2D eigenvalue weighted by Gasteiger charge is -2.26. The van der Waals surface area contributed by atoms with E-state index in [2.05, 4.69) is 44.6 Å². The Morgan fingerprint density at radius 1 is 1.12 bits per heavy atom. The number of hydrogen-bond donors (Lipinski definition) is 2. The quantitative estimate of drug-likeness (QED) is 0.850. The molecule has 2 heterocycles. The summed E-state index contributed by atoms with van der Waals surface area (Å²) in [5.41, 5.74) is 3.19. The molecule has 0 aliphatic carbocycles. The molecular formula is C18H25N5O. The van der Waals surface area contributed by atoms with Gasteiger partial charge in [0.25, 0.3) is 0 Å². The van der Waals surface area contributed by atoms with Gasteiger partial charge in [-0.2, -0.15) is 4.98 Å². The van der Waals surface area contributed by atoms with Crippen LogP contribution < -0.4 is 10.6 Å². The van der Waals surface area contributed by atoms with Crippen LogP contribution in [-0.4, -0.2) is 54.3 Å². The van der Waals surface area contributed by atoms with E-state index in [4.69, 9.17) is 4.74 Å². The molecule has 6 heteroatoms. The highest BCUT2D eigenvalue weighted by Gasteiger charge is 2.10. The van der Waals surface area contributed by atoms with E-state index in [0.29, 0.717) is 5.95 Å². The van der Waals surface area contributed by atoms with Crippen LogP contribution in [0.15, 0.2) is 30.3 Å². The summed E-state index contributed by atoms with van der Waals surface area (Å²) in [6.07, 6.45) is 0. The lowest BCUT2D eigenvalue weighted by Crippen LogP contribution is -2.39. The average molecular weight is 327 g/mol. The molecule has 0 atom stereocenters. The smallest absolute Gasteiger partial charge is 0.224 e. The van der Waals surface area contributed by atoms with Crippen LogP contribution in [0.3, 0.4) is 0 Å². The van der Waals surface area contributed by atoms with Gasteiger partial charge in [0, 0.05) is 43.6 Å². The average Bonchev–Trinajstić information content (AvgIpc) is 2.55. The Hall–Kier alpha value is -2.18. The number of nitrogens with one attached hydrogen (secondary N) is 2. The molecule has 0 saturated carbocycles. The van der Waals surface area contributed by atoms with Gasteiger partial charge in [-0.25, -0.2) is 4.98 Å². The van der Waals surface area contributed by atoms with Crippen LogP contribution in [0.4, 0.5) is 17.5 Å². The number of hydrogen-bond acceptors (Lipinski definition) is 6. The van der Waals surface area contributed by atoms with Crippen molar-refractivity contribution in [1.82, 2.24) is 14.9 Å². The summed E-state index contributed by atoms with van der Waals surface area (Å²) in [7, 11) is 0. The summed E-state index contributed by atoms with van der Waals surface area (Å²) < 4.78 is 5.37. The Bertz CT molecular complexity index is 670. The monoisotopic (exact) mass is 327 g/mol. The second-order valence-electron chi connectivity index (χ2n) is 6.09. The van der Waals surface area contributed by atoms with Gasteiger partial charge in [-0.1, -0.05) is 12.1 Å². The number of morpholine rings is 1. The fraction of sp³-hybridized carbons (Fsp3) is 0.444. The highest BCUT2D eigenvalue weighted by Crippen LogP contribution is 2.17. The molecule has 3 rings (SSSR count). The molecule has 0 amide bonds. The molecule has 0 spiro atoms. The molecule has 2 aromatic rings. The molecule has 6 nitrogen and oxygen atoms in total. The Kier molecular flexibility index (Phi) is 5.61. The van der Waals surface area contributed by atoms with Crippen molar-refractivity contribution in [2.75, 3.05) is 50.0 Å². The Balaban J connectivity index is 1.58. The summed E-state index contributed by atoms with van der Waals surface area (Å²) in [4.78, 5) is 11.4. The predicted molar refractivity (Wildman–Crippen MR) is 97.0 cm³/mol. The highest BCUT2D eigenvalue weighted by molar-refractivity contribution is 5.58. The summed E-state index contributed by atoms with van der Waals surface area (Å²) in [6, 6.07) is 10.2. The first-order valence-corrected chi connectivity index (χ1v) is 8.42. The van der Waals surface area contributed by atoms with E-state index in [1.54, 1.807) is 0 Å². The van der Waals surface area contributed by atoms with Crippen LogP contribution in [-0.2, 0) is 4.74 Å². The number of benzene rings is 1. The van der Waals surface area contributed by atoms with E-state index in [-0.39, 0.29) is 0 Å². The number of anilines is 3. The standard InChI is InChI=1S/C18H25N5O/c1-14-4-3-5-16(12-14)21-17-13-15(2)20-18(22-17)19-6-7-23-8-10-24-11-9-23/h3-5,12-13H,6-11H2,1-2H3,(H2,19,20,21,22). The fourth-order valence-electron chi connectivity index (χ4n) is 2.73. The molecule has 1 aromatic heterocycles. The van der Waals surface area contributed by atoms with Crippen molar-refractivity contribution in [3.8, 4) is 0 Å². The summed E-state index contributed by atoms with van der Waals surface area (Å²) in [6.45, 7) is 9.50. The van der Waals surface area contributed by atoms with E-state index in [1.165, 1.54) is 5.56 Å². The second-order valence-corrected chi connectivity index (χ2v) is 6.09.